The SMILES string of the molecule is CCC(NC(=O)CNc1ccc(OCCOC)cc1)c1ccccc1. The van der Waals surface area contributed by atoms with Gasteiger partial charge in [-0.05, 0) is 36.2 Å². The summed E-state index contributed by atoms with van der Waals surface area (Å²) >= 11 is 0. The van der Waals surface area contributed by atoms with Crippen molar-refractivity contribution in [3.63, 3.8) is 0 Å². The summed E-state index contributed by atoms with van der Waals surface area (Å²) in [5.74, 6) is 0.748. The van der Waals surface area contributed by atoms with E-state index >= 15 is 0 Å². The molecule has 1 unspecified atom stereocenters. The third kappa shape index (κ3) is 6.47. The lowest BCUT2D eigenvalue weighted by molar-refractivity contribution is -0.120. The van der Waals surface area contributed by atoms with Crippen molar-refractivity contribution in [3.8, 4) is 5.75 Å². The molecule has 0 aromatic heterocycles. The summed E-state index contributed by atoms with van der Waals surface area (Å²) in [6, 6.07) is 17.6. The van der Waals surface area contributed by atoms with Crippen LogP contribution in [-0.2, 0) is 9.53 Å². The predicted octanol–water partition coefficient (Wildman–Crippen LogP) is 3.39. The maximum atomic E-state index is 12.2. The second-order valence-corrected chi connectivity index (χ2v) is 5.66. The van der Waals surface area contributed by atoms with Crippen LogP contribution in [0.3, 0.4) is 0 Å². The number of anilines is 1. The van der Waals surface area contributed by atoms with E-state index < -0.39 is 0 Å². The number of amides is 1. The fourth-order valence-corrected chi connectivity index (χ4v) is 2.45. The fraction of sp³-hybridized carbons (Fsp3) is 0.350. The number of hydrogen-bond donors (Lipinski definition) is 2. The molecule has 2 aromatic carbocycles. The average molecular weight is 342 g/mol. The van der Waals surface area contributed by atoms with Crippen molar-refractivity contribution in [1.82, 2.24) is 5.32 Å². The monoisotopic (exact) mass is 342 g/mol. The third-order valence-electron chi connectivity index (χ3n) is 3.81. The molecular weight excluding hydrogens is 316 g/mol. The molecule has 0 radical (unpaired) electrons. The maximum Gasteiger partial charge on any atom is 0.239 e. The fourth-order valence-electron chi connectivity index (χ4n) is 2.45. The van der Waals surface area contributed by atoms with E-state index in [0.717, 1.165) is 23.4 Å². The number of ether oxygens (including phenoxy) is 2. The van der Waals surface area contributed by atoms with Gasteiger partial charge >= 0.3 is 0 Å². The number of benzene rings is 2. The number of carbonyl (C=O) groups is 1. The highest BCUT2D eigenvalue weighted by molar-refractivity contribution is 5.81. The van der Waals surface area contributed by atoms with Gasteiger partial charge in [-0.1, -0.05) is 37.3 Å². The Morgan fingerprint density at radius 2 is 1.76 bits per heavy atom. The zero-order chi connectivity index (χ0) is 17.9. The van der Waals surface area contributed by atoms with E-state index in [1.165, 1.54) is 0 Å². The molecule has 5 heteroatoms. The van der Waals surface area contributed by atoms with Gasteiger partial charge in [-0.2, -0.15) is 0 Å². The summed E-state index contributed by atoms with van der Waals surface area (Å²) in [7, 11) is 1.64. The van der Waals surface area contributed by atoms with Gasteiger partial charge in [-0.15, -0.1) is 0 Å². The molecule has 1 amide bonds. The maximum absolute atomic E-state index is 12.2. The quantitative estimate of drug-likeness (QED) is 0.650. The summed E-state index contributed by atoms with van der Waals surface area (Å²) < 4.78 is 10.5. The van der Waals surface area contributed by atoms with Gasteiger partial charge < -0.3 is 20.1 Å². The minimum atomic E-state index is -0.0314. The van der Waals surface area contributed by atoms with Gasteiger partial charge in [0.05, 0.1) is 19.2 Å². The molecule has 1 atom stereocenters. The van der Waals surface area contributed by atoms with E-state index in [9.17, 15) is 4.79 Å². The van der Waals surface area contributed by atoms with E-state index in [2.05, 4.69) is 17.6 Å². The molecule has 0 heterocycles. The summed E-state index contributed by atoms with van der Waals surface area (Å²) in [6.45, 7) is 3.37. The molecule has 0 spiro atoms. The van der Waals surface area contributed by atoms with Crippen molar-refractivity contribution in [2.24, 2.45) is 0 Å². The molecule has 0 aliphatic rings. The van der Waals surface area contributed by atoms with Crippen LogP contribution in [0.5, 0.6) is 5.75 Å². The molecule has 0 saturated carbocycles. The third-order valence-corrected chi connectivity index (χ3v) is 3.81. The zero-order valence-electron chi connectivity index (χ0n) is 14.8. The molecule has 2 rings (SSSR count). The minimum absolute atomic E-state index is 0.0314. The largest absolute Gasteiger partial charge is 0.491 e. The standard InChI is InChI=1S/C20H26N2O3/c1-3-19(16-7-5-4-6-8-16)22-20(23)15-21-17-9-11-18(12-10-17)25-14-13-24-2/h4-12,19,21H,3,13-15H2,1-2H3,(H,22,23). The Bertz CT molecular complexity index is 629. The molecule has 0 bridgehead atoms. The van der Waals surface area contributed by atoms with Gasteiger partial charge in [-0.3, -0.25) is 4.79 Å². The Morgan fingerprint density at radius 1 is 1.04 bits per heavy atom. The van der Waals surface area contributed by atoms with Gasteiger partial charge in [0.15, 0.2) is 0 Å². The van der Waals surface area contributed by atoms with Crippen molar-refractivity contribution < 1.29 is 14.3 Å². The highest BCUT2D eigenvalue weighted by Gasteiger charge is 2.11. The van der Waals surface area contributed by atoms with Crippen molar-refractivity contribution in [1.29, 1.82) is 0 Å². The van der Waals surface area contributed by atoms with Crippen LogP contribution in [0.25, 0.3) is 0 Å². The van der Waals surface area contributed by atoms with Crippen LogP contribution in [0, 0.1) is 0 Å². The molecule has 0 aliphatic carbocycles. The van der Waals surface area contributed by atoms with E-state index in [1.54, 1.807) is 7.11 Å². The molecule has 134 valence electrons. The van der Waals surface area contributed by atoms with Crippen LogP contribution in [-0.4, -0.2) is 32.8 Å². The second kappa shape index (κ2) is 10.4. The molecule has 5 nitrogen and oxygen atoms in total. The smallest absolute Gasteiger partial charge is 0.239 e. The number of carbonyl (C=O) groups excluding carboxylic acids is 1. The molecule has 0 fully saturated rings. The van der Waals surface area contributed by atoms with Crippen molar-refractivity contribution in [3.05, 3.63) is 60.2 Å². The minimum Gasteiger partial charge on any atom is -0.491 e. The summed E-state index contributed by atoms with van der Waals surface area (Å²) in [6.07, 6.45) is 0.850. The second-order valence-electron chi connectivity index (χ2n) is 5.66. The Balaban J connectivity index is 1.79. The van der Waals surface area contributed by atoms with Crippen LogP contribution >= 0.6 is 0 Å². The van der Waals surface area contributed by atoms with Gasteiger partial charge in [-0.25, -0.2) is 0 Å². The van der Waals surface area contributed by atoms with Crippen molar-refractivity contribution >= 4 is 11.6 Å². The molecular formula is C20H26N2O3. The van der Waals surface area contributed by atoms with E-state index in [4.69, 9.17) is 9.47 Å². The Hall–Kier alpha value is -2.53. The Morgan fingerprint density at radius 3 is 2.40 bits per heavy atom. The molecule has 2 N–H and O–H groups in total. The van der Waals surface area contributed by atoms with E-state index in [-0.39, 0.29) is 18.5 Å². The molecule has 0 aliphatic heterocycles. The number of nitrogens with one attached hydrogen (secondary N) is 2. The zero-order valence-corrected chi connectivity index (χ0v) is 14.8. The van der Waals surface area contributed by atoms with Crippen LogP contribution in [0.4, 0.5) is 5.69 Å². The molecule has 2 aromatic rings. The van der Waals surface area contributed by atoms with Crippen LogP contribution in [0.2, 0.25) is 0 Å². The topological polar surface area (TPSA) is 59.6 Å². The Labute approximate surface area is 149 Å². The van der Waals surface area contributed by atoms with Crippen LogP contribution in [0.15, 0.2) is 54.6 Å². The highest BCUT2D eigenvalue weighted by Crippen LogP contribution is 2.17. The Kier molecular flexibility index (Phi) is 7.79. The van der Waals surface area contributed by atoms with Crippen molar-refractivity contribution in [2.75, 3.05) is 32.2 Å². The van der Waals surface area contributed by atoms with Gasteiger partial charge in [0.25, 0.3) is 0 Å². The number of hydrogen-bond acceptors (Lipinski definition) is 4. The first-order chi connectivity index (χ1) is 12.2. The van der Waals surface area contributed by atoms with Gasteiger partial charge in [0.2, 0.25) is 5.91 Å². The van der Waals surface area contributed by atoms with E-state index in [1.807, 2.05) is 54.6 Å². The lowest BCUT2D eigenvalue weighted by Crippen LogP contribution is -2.33. The number of methoxy groups -OCH3 is 1. The first kappa shape index (κ1) is 18.8. The first-order valence-electron chi connectivity index (χ1n) is 8.53. The van der Waals surface area contributed by atoms with Crippen LogP contribution in [0.1, 0.15) is 24.9 Å². The highest BCUT2D eigenvalue weighted by atomic mass is 16.5. The summed E-state index contributed by atoms with van der Waals surface area (Å²) in [5.41, 5.74) is 2.00. The van der Waals surface area contributed by atoms with Gasteiger partial charge in [0, 0.05) is 12.8 Å². The lowest BCUT2D eigenvalue weighted by Gasteiger charge is -2.18. The normalized spacial score (nSPS) is 11.6. The van der Waals surface area contributed by atoms with Crippen LogP contribution < -0.4 is 15.4 Å². The number of rotatable bonds is 10. The summed E-state index contributed by atoms with van der Waals surface area (Å²) in [5, 5.41) is 6.19. The first-order valence-corrected chi connectivity index (χ1v) is 8.53. The average Bonchev–Trinajstić information content (AvgIpc) is 2.66. The van der Waals surface area contributed by atoms with E-state index in [0.29, 0.717) is 13.2 Å². The molecule has 25 heavy (non-hydrogen) atoms. The van der Waals surface area contributed by atoms with Crippen molar-refractivity contribution in [2.45, 2.75) is 19.4 Å². The van der Waals surface area contributed by atoms with Gasteiger partial charge in [0.1, 0.15) is 12.4 Å². The molecule has 0 saturated heterocycles. The predicted molar refractivity (Wildman–Crippen MR) is 99.9 cm³/mol. The lowest BCUT2D eigenvalue weighted by atomic mass is 10.0. The summed E-state index contributed by atoms with van der Waals surface area (Å²) in [4.78, 5) is 12.2.